The number of hydrogen-bond donors (Lipinski definition) is 2. The van der Waals surface area contributed by atoms with Crippen molar-refractivity contribution in [2.45, 2.75) is 19.9 Å². The van der Waals surface area contributed by atoms with E-state index >= 15 is 0 Å². The molecule has 0 aromatic carbocycles. The Morgan fingerprint density at radius 2 is 2.17 bits per heavy atom. The smallest absolute Gasteiger partial charge is 0.307 e. The van der Waals surface area contributed by atoms with Crippen molar-refractivity contribution in [3.05, 3.63) is 11.6 Å². The first-order chi connectivity index (χ1) is 5.45. The second kappa shape index (κ2) is 5.17. The second-order valence-electron chi connectivity index (χ2n) is 2.81. The van der Waals surface area contributed by atoms with Crippen LogP contribution < -0.4 is 5.32 Å². The molecule has 0 fully saturated rings. The van der Waals surface area contributed by atoms with Crippen LogP contribution in [-0.2, 0) is 4.79 Å². The van der Waals surface area contributed by atoms with Gasteiger partial charge in [0.05, 0.1) is 5.92 Å². The van der Waals surface area contributed by atoms with Gasteiger partial charge in [0.25, 0.3) is 0 Å². The maximum atomic E-state index is 10.5. The van der Waals surface area contributed by atoms with Crippen molar-refractivity contribution in [2.75, 3.05) is 6.54 Å². The quantitative estimate of drug-likeness (QED) is 0.692. The van der Waals surface area contributed by atoms with Gasteiger partial charge in [-0.3, -0.25) is 4.79 Å². The molecular weight excluding hydrogens is 178 g/mol. The average Bonchev–Trinajstić information content (AvgIpc) is 1.98. The molecule has 0 aliphatic heterocycles. The fraction of sp³-hybridized carbons (Fsp3) is 0.625. The highest BCUT2D eigenvalue weighted by molar-refractivity contribution is 6.29. The minimum absolute atomic E-state index is 0.0991. The number of carboxylic acid groups (broad SMARTS) is 1. The first-order valence-corrected chi connectivity index (χ1v) is 4.12. The molecule has 0 saturated carbocycles. The van der Waals surface area contributed by atoms with Gasteiger partial charge in [-0.1, -0.05) is 25.1 Å². The van der Waals surface area contributed by atoms with E-state index in [-0.39, 0.29) is 6.04 Å². The molecule has 0 heterocycles. The van der Waals surface area contributed by atoms with E-state index in [1.807, 2.05) is 0 Å². The Morgan fingerprint density at radius 3 is 2.50 bits per heavy atom. The maximum absolute atomic E-state index is 10.5. The first-order valence-electron chi connectivity index (χ1n) is 3.74. The van der Waals surface area contributed by atoms with Crippen LogP contribution in [0.3, 0.4) is 0 Å². The SMILES string of the molecule is C=C(Cl)CNC(C)C(C)C(=O)O. The Hall–Kier alpha value is -0.540. The fourth-order valence-corrected chi connectivity index (χ4v) is 0.740. The molecule has 0 aliphatic carbocycles. The summed E-state index contributed by atoms with van der Waals surface area (Å²) < 4.78 is 0. The van der Waals surface area contributed by atoms with Crippen molar-refractivity contribution in [3.63, 3.8) is 0 Å². The minimum atomic E-state index is -0.810. The van der Waals surface area contributed by atoms with E-state index in [4.69, 9.17) is 16.7 Å². The van der Waals surface area contributed by atoms with Crippen molar-refractivity contribution in [1.29, 1.82) is 0 Å². The third-order valence-corrected chi connectivity index (χ3v) is 1.89. The lowest BCUT2D eigenvalue weighted by Gasteiger charge is -2.16. The molecule has 12 heavy (non-hydrogen) atoms. The maximum Gasteiger partial charge on any atom is 0.307 e. The topological polar surface area (TPSA) is 49.3 Å². The first kappa shape index (κ1) is 11.5. The summed E-state index contributed by atoms with van der Waals surface area (Å²) >= 11 is 5.50. The van der Waals surface area contributed by atoms with Crippen molar-refractivity contribution in [1.82, 2.24) is 5.32 Å². The predicted molar refractivity (Wildman–Crippen MR) is 49.3 cm³/mol. The third-order valence-electron chi connectivity index (χ3n) is 1.76. The molecule has 0 aromatic rings. The summed E-state index contributed by atoms with van der Waals surface area (Å²) in [4.78, 5) is 10.5. The van der Waals surface area contributed by atoms with Crippen molar-refractivity contribution in [2.24, 2.45) is 5.92 Å². The Morgan fingerprint density at radius 1 is 1.67 bits per heavy atom. The molecule has 0 aromatic heterocycles. The van der Waals surface area contributed by atoms with E-state index in [9.17, 15) is 4.79 Å². The molecule has 0 saturated heterocycles. The number of aliphatic carboxylic acids is 1. The van der Waals surface area contributed by atoms with Crippen LogP contribution in [0, 0.1) is 5.92 Å². The average molecular weight is 192 g/mol. The Labute approximate surface area is 77.4 Å². The molecule has 3 nitrogen and oxygen atoms in total. The van der Waals surface area contributed by atoms with Crippen LogP contribution in [0.5, 0.6) is 0 Å². The molecule has 0 spiro atoms. The summed E-state index contributed by atoms with van der Waals surface area (Å²) in [5.74, 6) is -1.23. The van der Waals surface area contributed by atoms with Gasteiger partial charge in [0, 0.05) is 17.6 Å². The van der Waals surface area contributed by atoms with E-state index in [1.165, 1.54) is 0 Å². The summed E-state index contributed by atoms with van der Waals surface area (Å²) in [5, 5.41) is 12.1. The van der Waals surface area contributed by atoms with E-state index in [0.717, 1.165) is 0 Å². The molecule has 2 unspecified atom stereocenters. The molecular formula is C8H14ClNO2. The fourth-order valence-electron chi connectivity index (χ4n) is 0.662. The lowest BCUT2D eigenvalue weighted by Crippen LogP contribution is -2.36. The van der Waals surface area contributed by atoms with Gasteiger partial charge < -0.3 is 10.4 Å². The van der Waals surface area contributed by atoms with Crippen LogP contribution in [0.1, 0.15) is 13.8 Å². The number of hydrogen-bond acceptors (Lipinski definition) is 2. The lowest BCUT2D eigenvalue weighted by molar-refractivity contribution is -0.141. The van der Waals surface area contributed by atoms with Crippen molar-refractivity contribution in [3.8, 4) is 0 Å². The van der Waals surface area contributed by atoms with Crippen molar-refractivity contribution >= 4 is 17.6 Å². The van der Waals surface area contributed by atoms with E-state index in [0.29, 0.717) is 11.6 Å². The van der Waals surface area contributed by atoms with Gasteiger partial charge in [0.2, 0.25) is 0 Å². The molecule has 0 amide bonds. The minimum Gasteiger partial charge on any atom is -0.481 e. The van der Waals surface area contributed by atoms with Gasteiger partial charge in [-0.2, -0.15) is 0 Å². The summed E-state index contributed by atoms with van der Waals surface area (Å²) in [6.45, 7) is 7.39. The Balaban J connectivity index is 3.79. The summed E-state index contributed by atoms with van der Waals surface area (Å²) in [5.41, 5.74) is 0. The molecule has 2 atom stereocenters. The number of halogens is 1. The van der Waals surface area contributed by atoms with Gasteiger partial charge in [0.1, 0.15) is 0 Å². The molecule has 70 valence electrons. The van der Waals surface area contributed by atoms with Crippen LogP contribution in [-0.4, -0.2) is 23.7 Å². The summed E-state index contributed by atoms with van der Waals surface area (Å²) in [7, 11) is 0. The molecule has 0 rings (SSSR count). The van der Waals surface area contributed by atoms with Gasteiger partial charge >= 0.3 is 5.97 Å². The zero-order valence-electron chi connectivity index (χ0n) is 7.30. The van der Waals surface area contributed by atoms with Crippen LogP contribution in [0.2, 0.25) is 0 Å². The predicted octanol–water partition coefficient (Wildman–Crippen LogP) is 1.44. The van der Waals surface area contributed by atoms with E-state index in [2.05, 4.69) is 11.9 Å². The van der Waals surface area contributed by atoms with Gasteiger partial charge in [-0.15, -0.1) is 0 Å². The largest absolute Gasteiger partial charge is 0.481 e. The molecule has 2 N–H and O–H groups in total. The van der Waals surface area contributed by atoms with Gasteiger partial charge in [0.15, 0.2) is 0 Å². The van der Waals surface area contributed by atoms with Gasteiger partial charge in [-0.05, 0) is 6.92 Å². The second-order valence-corrected chi connectivity index (χ2v) is 3.35. The van der Waals surface area contributed by atoms with E-state index in [1.54, 1.807) is 13.8 Å². The summed E-state index contributed by atoms with van der Waals surface area (Å²) in [6.07, 6.45) is 0. The number of carbonyl (C=O) groups is 1. The normalized spacial score (nSPS) is 15.2. The zero-order chi connectivity index (χ0) is 9.72. The lowest BCUT2D eigenvalue weighted by atomic mass is 10.0. The van der Waals surface area contributed by atoms with Crippen LogP contribution >= 0.6 is 11.6 Å². The Kier molecular flexibility index (Phi) is 4.93. The summed E-state index contributed by atoms with van der Waals surface area (Å²) in [6, 6.07) is -0.0991. The number of carboxylic acids is 1. The molecule has 0 aliphatic rings. The number of nitrogens with one attached hydrogen (secondary N) is 1. The standard InChI is InChI=1S/C8H14ClNO2/c1-5(9)4-10-7(3)6(2)8(11)12/h6-7,10H,1,4H2,2-3H3,(H,11,12). The van der Waals surface area contributed by atoms with Crippen LogP contribution in [0.25, 0.3) is 0 Å². The monoisotopic (exact) mass is 191 g/mol. The van der Waals surface area contributed by atoms with Crippen molar-refractivity contribution < 1.29 is 9.90 Å². The third kappa shape index (κ3) is 4.36. The Bertz CT molecular complexity index is 182. The molecule has 4 heteroatoms. The zero-order valence-corrected chi connectivity index (χ0v) is 8.06. The van der Waals surface area contributed by atoms with E-state index < -0.39 is 11.9 Å². The highest BCUT2D eigenvalue weighted by atomic mass is 35.5. The molecule has 0 bridgehead atoms. The van der Waals surface area contributed by atoms with Crippen LogP contribution in [0.15, 0.2) is 11.6 Å². The molecule has 0 radical (unpaired) electrons. The highest BCUT2D eigenvalue weighted by Gasteiger charge is 2.18. The van der Waals surface area contributed by atoms with Gasteiger partial charge in [-0.25, -0.2) is 0 Å². The number of rotatable bonds is 5. The van der Waals surface area contributed by atoms with Crippen LogP contribution in [0.4, 0.5) is 0 Å². The highest BCUT2D eigenvalue weighted by Crippen LogP contribution is 2.03.